The molecule has 4 heteroatoms. The van der Waals surface area contributed by atoms with Crippen LogP contribution in [0.3, 0.4) is 0 Å². The van der Waals surface area contributed by atoms with E-state index in [1.165, 1.54) is 0 Å². The molecular formula is C12H16O3S. The van der Waals surface area contributed by atoms with Crippen LogP contribution in [0.4, 0.5) is 0 Å². The highest BCUT2D eigenvalue weighted by atomic mass is 32.2. The maximum absolute atomic E-state index is 9.61. The molecule has 1 aromatic carbocycles. The summed E-state index contributed by atoms with van der Waals surface area (Å²) in [6.07, 6.45) is -0.0849. The van der Waals surface area contributed by atoms with E-state index in [0.29, 0.717) is 24.9 Å². The van der Waals surface area contributed by atoms with Crippen LogP contribution in [0.1, 0.15) is 6.92 Å². The Kier molecular flexibility index (Phi) is 4.09. The van der Waals surface area contributed by atoms with Crippen molar-refractivity contribution >= 4 is 11.8 Å². The van der Waals surface area contributed by atoms with E-state index in [9.17, 15) is 5.11 Å². The molecule has 1 aromatic rings. The van der Waals surface area contributed by atoms with Crippen molar-refractivity contribution in [2.45, 2.75) is 18.1 Å². The average molecular weight is 240 g/mol. The van der Waals surface area contributed by atoms with Gasteiger partial charge in [0.1, 0.15) is 5.75 Å². The highest BCUT2D eigenvalue weighted by molar-refractivity contribution is 7.99. The van der Waals surface area contributed by atoms with Gasteiger partial charge in [-0.1, -0.05) is 19.1 Å². The summed E-state index contributed by atoms with van der Waals surface area (Å²) in [6.45, 7) is 3.48. The molecule has 0 spiro atoms. The van der Waals surface area contributed by atoms with Gasteiger partial charge < -0.3 is 14.6 Å². The van der Waals surface area contributed by atoms with Crippen molar-refractivity contribution in [3.05, 3.63) is 24.3 Å². The van der Waals surface area contributed by atoms with Gasteiger partial charge in [0, 0.05) is 16.6 Å². The lowest BCUT2D eigenvalue weighted by Crippen LogP contribution is -2.20. The average Bonchev–Trinajstić information content (AvgIpc) is 2.81. The minimum Gasteiger partial charge on any atom is -0.507 e. The van der Waals surface area contributed by atoms with E-state index in [2.05, 4.69) is 6.92 Å². The van der Waals surface area contributed by atoms with Crippen LogP contribution in [0.15, 0.2) is 29.2 Å². The molecule has 1 atom stereocenters. The molecule has 1 aliphatic heterocycles. The van der Waals surface area contributed by atoms with Crippen molar-refractivity contribution in [1.29, 1.82) is 0 Å². The van der Waals surface area contributed by atoms with E-state index >= 15 is 0 Å². The van der Waals surface area contributed by atoms with Crippen molar-refractivity contribution < 1.29 is 14.6 Å². The first kappa shape index (κ1) is 11.8. The summed E-state index contributed by atoms with van der Waals surface area (Å²) in [5.41, 5.74) is 0. The van der Waals surface area contributed by atoms with Crippen molar-refractivity contribution in [3.63, 3.8) is 0 Å². The summed E-state index contributed by atoms with van der Waals surface area (Å²) < 4.78 is 10.9. The molecule has 0 radical (unpaired) electrons. The number of rotatable bonds is 4. The molecule has 0 aromatic heterocycles. The van der Waals surface area contributed by atoms with E-state index in [4.69, 9.17) is 9.47 Å². The van der Waals surface area contributed by atoms with Crippen LogP contribution in [0.5, 0.6) is 5.75 Å². The quantitative estimate of drug-likeness (QED) is 0.821. The minimum atomic E-state index is -0.0849. The lowest BCUT2D eigenvalue weighted by Gasteiger charge is -2.17. The van der Waals surface area contributed by atoms with Crippen LogP contribution in [0.25, 0.3) is 0 Å². The monoisotopic (exact) mass is 240 g/mol. The Balaban J connectivity index is 1.84. The van der Waals surface area contributed by atoms with Crippen molar-refractivity contribution in [1.82, 2.24) is 0 Å². The second-order valence-corrected chi connectivity index (χ2v) is 4.93. The molecule has 1 heterocycles. The SMILES string of the molecule is CC(CSc1ccccc1O)C1OCCO1. The zero-order valence-corrected chi connectivity index (χ0v) is 10.1. The van der Waals surface area contributed by atoms with Crippen LogP contribution < -0.4 is 0 Å². The zero-order valence-electron chi connectivity index (χ0n) is 9.26. The Morgan fingerprint density at radius 2 is 2.06 bits per heavy atom. The van der Waals surface area contributed by atoms with Gasteiger partial charge in [0.2, 0.25) is 0 Å². The summed E-state index contributed by atoms with van der Waals surface area (Å²) in [5, 5.41) is 9.61. The van der Waals surface area contributed by atoms with Crippen molar-refractivity contribution in [2.24, 2.45) is 5.92 Å². The van der Waals surface area contributed by atoms with Gasteiger partial charge in [-0.25, -0.2) is 0 Å². The van der Waals surface area contributed by atoms with E-state index in [-0.39, 0.29) is 6.29 Å². The molecule has 1 aliphatic rings. The molecule has 0 aliphatic carbocycles. The molecule has 2 rings (SSSR count). The number of para-hydroxylation sites is 1. The number of phenols is 1. The molecule has 0 amide bonds. The third kappa shape index (κ3) is 2.90. The summed E-state index contributed by atoms with van der Waals surface area (Å²) in [4.78, 5) is 0.910. The Bertz CT molecular complexity index is 337. The maximum Gasteiger partial charge on any atom is 0.161 e. The number of hydrogen-bond donors (Lipinski definition) is 1. The highest BCUT2D eigenvalue weighted by Crippen LogP contribution is 2.30. The van der Waals surface area contributed by atoms with Gasteiger partial charge in [-0.15, -0.1) is 11.8 Å². The standard InChI is InChI=1S/C12H16O3S/c1-9(12-14-6-7-15-12)8-16-11-5-3-2-4-10(11)13/h2-5,9,12-13H,6-8H2,1H3. The predicted octanol–water partition coefficient (Wildman–Crippen LogP) is 2.49. The van der Waals surface area contributed by atoms with Gasteiger partial charge in [-0.3, -0.25) is 0 Å². The zero-order chi connectivity index (χ0) is 11.4. The third-order valence-corrected chi connectivity index (χ3v) is 3.83. The Morgan fingerprint density at radius 1 is 1.38 bits per heavy atom. The van der Waals surface area contributed by atoms with E-state index in [0.717, 1.165) is 10.6 Å². The third-order valence-electron chi connectivity index (χ3n) is 2.48. The van der Waals surface area contributed by atoms with Gasteiger partial charge in [0.15, 0.2) is 6.29 Å². The van der Waals surface area contributed by atoms with Crippen molar-refractivity contribution in [3.8, 4) is 5.75 Å². The number of benzene rings is 1. The normalized spacial score (nSPS) is 18.8. The molecule has 1 saturated heterocycles. The first-order valence-corrected chi connectivity index (χ1v) is 6.40. The molecule has 0 saturated carbocycles. The molecule has 16 heavy (non-hydrogen) atoms. The number of aromatic hydroxyl groups is 1. The fraction of sp³-hybridized carbons (Fsp3) is 0.500. The van der Waals surface area contributed by atoms with Gasteiger partial charge >= 0.3 is 0 Å². The topological polar surface area (TPSA) is 38.7 Å². The molecule has 1 unspecified atom stereocenters. The van der Waals surface area contributed by atoms with Crippen LogP contribution in [0.2, 0.25) is 0 Å². The number of ether oxygens (including phenoxy) is 2. The van der Waals surface area contributed by atoms with Crippen molar-refractivity contribution in [2.75, 3.05) is 19.0 Å². The Morgan fingerprint density at radius 3 is 2.75 bits per heavy atom. The van der Waals surface area contributed by atoms with Gasteiger partial charge in [0.25, 0.3) is 0 Å². The second kappa shape index (κ2) is 5.57. The largest absolute Gasteiger partial charge is 0.507 e. The lowest BCUT2D eigenvalue weighted by molar-refractivity contribution is -0.0719. The maximum atomic E-state index is 9.61. The predicted molar refractivity (Wildman–Crippen MR) is 63.7 cm³/mol. The van der Waals surface area contributed by atoms with Gasteiger partial charge in [-0.2, -0.15) is 0 Å². The number of thioether (sulfide) groups is 1. The van der Waals surface area contributed by atoms with Crippen LogP contribution >= 0.6 is 11.8 Å². The fourth-order valence-electron chi connectivity index (χ4n) is 1.58. The summed E-state index contributed by atoms with van der Waals surface area (Å²) in [5.74, 6) is 1.54. The van der Waals surface area contributed by atoms with E-state index < -0.39 is 0 Å². The minimum absolute atomic E-state index is 0.0849. The Hall–Kier alpha value is -0.710. The number of phenolic OH excluding ortho intramolecular Hbond substituents is 1. The van der Waals surface area contributed by atoms with Gasteiger partial charge in [0.05, 0.1) is 13.2 Å². The van der Waals surface area contributed by atoms with Crippen LogP contribution in [-0.4, -0.2) is 30.4 Å². The van der Waals surface area contributed by atoms with Gasteiger partial charge in [-0.05, 0) is 12.1 Å². The molecule has 3 nitrogen and oxygen atoms in total. The first-order valence-electron chi connectivity index (χ1n) is 5.41. The van der Waals surface area contributed by atoms with E-state index in [1.807, 2.05) is 18.2 Å². The lowest BCUT2D eigenvalue weighted by atomic mass is 10.2. The van der Waals surface area contributed by atoms with Crippen LogP contribution in [-0.2, 0) is 9.47 Å². The number of hydrogen-bond acceptors (Lipinski definition) is 4. The molecule has 88 valence electrons. The fourth-order valence-corrected chi connectivity index (χ4v) is 2.57. The summed E-state index contributed by atoms with van der Waals surface area (Å²) >= 11 is 1.63. The van der Waals surface area contributed by atoms with Crippen LogP contribution in [0, 0.1) is 5.92 Å². The highest BCUT2D eigenvalue weighted by Gasteiger charge is 2.23. The molecule has 0 bridgehead atoms. The molecule has 1 N–H and O–H groups in total. The summed E-state index contributed by atoms with van der Waals surface area (Å²) in [7, 11) is 0. The summed E-state index contributed by atoms with van der Waals surface area (Å²) in [6, 6.07) is 7.37. The molecule has 1 fully saturated rings. The van der Waals surface area contributed by atoms with E-state index in [1.54, 1.807) is 17.8 Å². The smallest absolute Gasteiger partial charge is 0.161 e. The second-order valence-electron chi connectivity index (χ2n) is 3.87. The Labute approximate surface area is 99.8 Å². The molecular weight excluding hydrogens is 224 g/mol. The first-order chi connectivity index (χ1) is 7.77.